The van der Waals surface area contributed by atoms with Gasteiger partial charge in [-0.15, -0.1) is 0 Å². The van der Waals surface area contributed by atoms with E-state index < -0.39 is 0 Å². The van der Waals surface area contributed by atoms with E-state index >= 15 is 0 Å². The van der Waals surface area contributed by atoms with Crippen LogP contribution in [0.2, 0.25) is 0 Å². The van der Waals surface area contributed by atoms with E-state index in [9.17, 15) is 0 Å². The molecule has 0 atom stereocenters. The lowest BCUT2D eigenvalue weighted by Crippen LogP contribution is -1.97. The van der Waals surface area contributed by atoms with Crippen LogP contribution in [0.5, 0.6) is 0 Å². The van der Waals surface area contributed by atoms with Crippen molar-refractivity contribution in [3.05, 3.63) is 158 Å². The van der Waals surface area contributed by atoms with Crippen molar-refractivity contribution in [1.29, 1.82) is 0 Å². The molecule has 0 aliphatic carbocycles. The van der Waals surface area contributed by atoms with Crippen LogP contribution >= 0.6 is 0 Å². The highest BCUT2D eigenvalue weighted by Crippen LogP contribution is 2.36. The van der Waals surface area contributed by atoms with Crippen LogP contribution in [0.1, 0.15) is 0 Å². The number of pyridine rings is 2. The highest BCUT2D eigenvalue weighted by molar-refractivity contribution is 6.05. The predicted octanol–water partition coefficient (Wildman–Crippen LogP) is 10.5. The van der Waals surface area contributed by atoms with Crippen LogP contribution in [0, 0.1) is 0 Å². The lowest BCUT2D eigenvalue weighted by molar-refractivity contribution is 1.23. The van der Waals surface area contributed by atoms with Gasteiger partial charge in [-0.1, -0.05) is 127 Å². The summed E-state index contributed by atoms with van der Waals surface area (Å²) in [7, 11) is 0. The fourth-order valence-corrected chi connectivity index (χ4v) is 6.35. The molecule has 0 bridgehead atoms. The SMILES string of the molecule is c1ccc(-c2ccc3ccc4ccc(-c5cc(-c6nc(-c7ccccc7)c7ccccc7n6)c6ccccc6c5)nc4c3n2)cc1. The molecule has 0 fully saturated rings. The van der Waals surface area contributed by atoms with E-state index in [2.05, 4.69) is 121 Å². The molecule has 0 saturated carbocycles. The molecule has 6 aromatic carbocycles. The molecule has 4 heteroatoms. The summed E-state index contributed by atoms with van der Waals surface area (Å²) >= 11 is 0. The lowest BCUT2D eigenvalue weighted by atomic mass is 9.97. The van der Waals surface area contributed by atoms with E-state index in [-0.39, 0.29) is 0 Å². The number of nitrogens with zero attached hydrogens (tertiary/aromatic N) is 4. The van der Waals surface area contributed by atoms with Crippen LogP contribution in [0.15, 0.2) is 158 Å². The topological polar surface area (TPSA) is 51.6 Å². The Labute approximate surface area is 265 Å². The molecule has 0 aliphatic heterocycles. The lowest BCUT2D eigenvalue weighted by Gasteiger charge is -2.13. The highest BCUT2D eigenvalue weighted by Gasteiger charge is 2.16. The monoisotopic (exact) mass is 586 g/mol. The van der Waals surface area contributed by atoms with Crippen LogP contribution in [0.3, 0.4) is 0 Å². The average molecular weight is 587 g/mol. The Hall–Kier alpha value is -6.26. The Morgan fingerprint density at radius 1 is 0.348 bits per heavy atom. The van der Waals surface area contributed by atoms with Gasteiger partial charge in [0.25, 0.3) is 0 Å². The normalized spacial score (nSPS) is 11.5. The molecule has 0 unspecified atom stereocenters. The fraction of sp³-hybridized carbons (Fsp3) is 0. The van der Waals surface area contributed by atoms with Crippen molar-refractivity contribution in [2.45, 2.75) is 0 Å². The summed E-state index contributed by atoms with van der Waals surface area (Å²) < 4.78 is 0. The standard InChI is InChI=1S/C42H26N4/c1-3-11-27(12-4-1)36-23-21-29-19-20-30-22-24-37(44-41(30)40(29)43-36)32-25-31-15-7-8-16-33(31)35(26-32)42-45-38-18-10-9-17-34(38)39(46-42)28-13-5-2-6-14-28/h1-26H. The van der Waals surface area contributed by atoms with Crippen molar-refractivity contribution < 1.29 is 0 Å². The third-order valence-corrected chi connectivity index (χ3v) is 8.64. The molecule has 9 rings (SSSR count). The highest BCUT2D eigenvalue weighted by atomic mass is 14.9. The van der Waals surface area contributed by atoms with Crippen LogP contribution in [-0.4, -0.2) is 19.9 Å². The zero-order valence-electron chi connectivity index (χ0n) is 24.8. The molecule has 0 saturated heterocycles. The summed E-state index contributed by atoms with van der Waals surface area (Å²) in [6.45, 7) is 0. The molecular formula is C42H26N4. The van der Waals surface area contributed by atoms with Crippen LogP contribution in [-0.2, 0) is 0 Å². The molecule has 46 heavy (non-hydrogen) atoms. The van der Waals surface area contributed by atoms with E-state index in [1.165, 1.54) is 0 Å². The van der Waals surface area contributed by atoms with E-state index in [4.69, 9.17) is 19.9 Å². The molecule has 0 spiro atoms. The first kappa shape index (κ1) is 26.2. The summed E-state index contributed by atoms with van der Waals surface area (Å²) in [5.74, 6) is 0.691. The van der Waals surface area contributed by atoms with Gasteiger partial charge in [-0.3, -0.25) is 0 Å². The van der Waals surface area contributed by atoms with Gasteiger partial charge >= 0.3 is 0 Å². The van der Waals surface area contributed by atoms with Gasteiger partial charge in [-0.05, 0) is 41.1 Å². The molecule has 3 aromatic heterocycles. The Morgan fingerprint density at radius 2 is 0.913 bits per heavy atom. The van der Waals surface area contributed by atoms with Crippen LogP contribution in [0.4, 0.5) is 0 Å². The Morgan fingerprint density at radius 3 is 1.63 bits per heavy atom. The van der Waals surface area contributed by atoms with Crippen molar-refractivity contribution in [3.63, 3.8) is 0 Å². The van der Waals surface area contributed by atoms with Gasteiger partial charge in [-0.25, -0.2) is 19.9 Å². The zero-order chi connectivity index (χ0) is 30.5. The molecule has 0 amide bonds. The largest absolute Gasteiger partial charge is 0.245 e. The Bertz CT molecular complexity index is 2580. The third kappa shape index (κ3) is 4.47. The number of aromatic nitrogens is 4. The average Bonchev–Trinajstić information content (AvgIpc) is 3.14. The molecule has 0 aliphatic rings. The second-order valence-corrected chi connectivity index (χ2v) is 11.5. The minimum Gasteiger partial charge on any atom is -0.245 e. The number of rotatable bonds is 4. The fourth-order valence-electron chi connectivity index (χ4n) is 6.35. The van der Waals surface area contributed by atoms with Gasteiger partial charge in [0.05, 0.1) is 33.6 Å². The number of hydrogen-bond donors (Lipinski definition) is 0. The quantitative estimate of drug-likeness (QED) is 0.193. The van der Waals surface area contributed by atoms with Crippen molar-refractivity contribution in [2.75, 3.05) is 0 Å². The van der Waals surface area contributed by atoms with E-state index in [1.54, 1.807) is 0 Å². The number of para-hydroxylation sites is 1. The maximum Gasteiger partial charge on any atom is 0.161 e. The summed E-state index contributed by atoms with van der Waals surface area (Å²) in [4.78, 5) is 20.7. The van der Waals surface area contributed by atoms with Crippen LogP contribution < -0.4 is 0 Å². The molecular weight excluding hydrogens is 560 g/mol. The second-order valence-electron chi connectivity index (χ2n) is 11.5. The van der Waals surface area contributed by atoms with E-state index in [1.807, 2.05) is 36.4 Å². The third-order valence-electron chi connectivity index (χ3n) is 8.64. The first-order valence-electron chi connectivity index (χ1n) is 15.4. The zero-order valence-corrected chi connectivity index (χ0v) is 24.8. The van der Waals surface area contributed by atoms with Crippen molar-refractivity contribution in [3.8, 4) is 45.2 Å². The molecule has 0 radical (unpaired) electrons. The summed E-state index contributed by atoms with van der Waals surface area (Å²) in [6, 6.07) is 54.4. The van der Waals surface area contributed by atoms with Crippen molar-refractivity contribution in [1.82, 2.24) is 19.9 Å². The molecule has 4 nitrogen and oxygen atoms in total. The summed E-state index contributed by atoms with van der Waals surface area (Å²) in [5.41, 5.74) is 9.55. The Balaban J connectivity index is 1.26. The van der Waals surface area contributed by atoms with E-state index in [0.29, 0.717) is 5.82 Å². The second kappa shape index (κ2) is 10.7. The first-order chi connectivity index (χ1) is 22.8. The smallest absolute Gasteiger partial charge is 0.161 e. The molecule has 9 aromatic rings. The first-order valence-corrected chi connectivity index (χ1v) is 15.4. The van der Waals surface area contributed by atoms with Crippen LogP contribution in [0.25, 0.3) is 88.6 Å². The maximum absolute atomic E-state index is 5.26. The van der Waals surface area contributed by atoms with Gasteiger partial charge in [0.1, 0.15) is 0 Å². The van der Waals surface area contributed by atoms with Crippen molar-refractivity contribution >= 4 is 43.5 Å². The minimum atomic E-state index is 0.691. The number of hydrogen-bond acceptors (Lipinski definition) is 4. The van der Waals surface area contributed by atoms with E-state index in [0.717, 1.165) is 82.8 Å². The molecule has 0 N–H and O–H groups in total. The number of benzene rings is 6. The predicted molar refractivity (Wildman–Crippen MR) is 189 cm³/mol. The summed E-state index contributed by atoms with van der Waals surface area (Å²) in [5, 5.41) is 5.36. The molecule has 3 heterocycles. The van der Waals surface area contributed by atoms with Gasteiger partial charge < -0.3 is 0 Å². The van der Waals surface area contributed by atoms with Gasteiger partial charge in [-0.2, -0.15) is 0 Å². The minimum absolute atomic E-state index is 0.691. The van der Waals surface area contributed by atoms with Crippen molar-refractivity contribution in [2.24, 2.45) is 0 Å². The van der Waals surface area contributed by atoms with Gasteiger partial charge in [0.15, 0.2) is 5.82 Å². The molecule has 214 valence electrons. The number of fused-ring (bicyclic) bond motifs is 5. The van der Waals surface area contributed by atoms with Gasteiger partial charge in [0, 0.05) is 38.4 Å². The summed E-state index contributed by atoms with van der Waals surface area (Å²) in [6.07, 6.45) is 0. The van der Waals surface area contributed by atoms with Gasteiger partial charge in [0.2, 0.25) is 0 Å². The Kier molecular flexibility index (Phi) is 6.10. The maximum atomic E-state index is 5.26.